The van der Waals surface area contributed by atoms with Gasteiger partial charge in [-0.2, -0.15) is 0 Å². The quantitative estimate of drug-likeness (QED) is 0.819. The van der Waals surface area contributed by atoms with Crippen LogP contribution in [0.1, 0.15) is 13.8 Å². The smallest absolute Gasteiger partial charge is 0.167 e. The molecule has 0 aliphatic carbocycles. The highest BCUT2D eigenvalue weighted by Crippen LogP contribution is 2.28. The average molecular weight is 290 g/mol. The highest BCUT2D eigenvalue weighted by atomic mass is 19.1. The number of nitrogens with two attached hydrogens (primary N) is 1. The van der Waals surface area contributed by atoms with Gasteiger partial charge in [-0.15, -0.1) is 0 Å². The van der Waals surface area contributed by atoms with Crippen LogP contribution in [-0.2, 0) is 0 Å². The molecule has 0 spiro atoms. The number of nitrogens with one attached hydrogen (secondary N) is 1. The molecule has 0 radical (unpaired) electrons. The zero-order chi connectivity index (χ0) is 15.4. The Balaban J connectivity index is 2.22. The van der Waals surface area contributed by atoms with Crippen molar-refractivity contribution in [3.05, 3.63) is 42.2 Å². The van der Waals surface area contributed by atoms with Gasteiger partial charge in [0.05, 0.1) is 13.2 Å². The van der Waals surface area contributed by atoms with Crippen LogP contribution in [0.15, 0.2) is 36.4 Å². The first-order chi connectivity index (χ1) is 9.97. The molecule has 0 saturated carbocycles. The van der Waals surface area contributed by atoms with Gasteiger partial charge in [-0.25, -0.2) is 4.39 Å². The predicted molar refractivity (Wildman–Crippen MR) is 82.9 cm³/mol. The summed E-state index contributed by atoms with van der Waals surface area (Å²) in [6.07, 6.45) is 0.0538. The number of rotatable bonds is 5. The summed E-state index contributed by atoms with van der Waals surface area (Å²) in [6.45, 7) is 3.88. The molecule has 0 amide bonds. The number of hydrogen-bond acceptors (Lipinski definition) is 4. The van der Waals surface area contributed by atoms with E-state index in [1.165, 1.54) is 13.2 Å². The van der Waals surface area contributed by atoms with Gasteiger partial charge < -0.3 is 20.5 Å². The lowest BCUT2D eigenvalue weighted by Crippen LogP contribution is -2.06. The third kappa shape index (κ3) is 4.02. The van der Waals surface area contributed by atoms with Crippen LogP contribution in [0.25, 0.3) is 0 Å². The molecule has 4 nitrogen and oxygen atoms in total. The Bertz CT molecular complexity index is 630. The van der Waals surface area contributed by atoms with Crippen LogP contribution in [-0.4, -0.2) is 13.2 Å². The number of ether oxygens (including phenoxy) is 2. The predicted octanol–water partition coefficient (Wildman–Crippen LogP) is 3.95. The van der Waals surface area contributed by atoms with Gasteiger partial charge in [-0.3, -0.25) is 0 Å². The summed E-state index contributed by atoms with van der Waals surface area (Å²) in [6, 6.07) is 9.99. The minimum atomic E-state index is -0.426. The fraction of sp³-hybridized carbons (Fsp3) is 0.250. The Kier molecular flexibility index (Phi) is 4.52. The highest BCUT2D eigenvalue weighted by Gasteiger charge is 2.06. The molecule has 0 aliphatic rings. The molecule has 2 aromatic carbocycles. The Hall–Kier alpha value is -2.43. The molecule has 112 valence electrons. The highest BCUT2D eigenvalue weighted by molar-refractivity contribution is 5.66. The van der Waals surface area contributed by atoms with E-state index in [-0.39, 0.29) is 11.9 Å². The van der Waals surface area contributed by atoms with Crippen LogP contribution in [0.2, 0.25) is 0 Å². The van der Waals surface area contributed by atoms with Crippen LogP contribution in [0.5, 0.6) is 11.5 Å². The largest absolute Gasteiger partial charge is 0.494 e. The molecule has 0 saturated heterocycles. The van der Waals surface area contributed by atoms with Gasteiger partial charge in [0.1, 0.15) is 5.75 Å². The van der Waals surface area contributed by atoms with Crippen molar-refractivity contribution < 1.29 is 13.9 Å². The zero-order valence-corrected chi connectivity index (χ0v) is 12.3. The van der Waals surface area contributed by atoms with Crippen molar-refractivity contribution in [1.29, 1.82) is 0 Å². The molecule has 2 rings (SSSR count). The van der Waals surface area contributed by atoms with E-state index < -0.39 is 5.82 Å². The number of anilines is 3. The summed E-state index contributed by atoms with van der Waals surface area (Å²) in [5, 5.41) is 3.09. The van der Waals surface area contributed by atoms with E-state index in [0.717, 1.165) is 5.69 Å². The van der Waals surface area contributed by atoms with Crippen molar-refractivity contribution in [3.63, 3.8) is 0 Å². The van der Waals surface area contributed by atoms with Crippen molar-refractivity contribution in [3.8, 4) is 11.5 Å². The number of benzene rings is 2. The fourth-order valence-corrected chi connectivity index (χ4v) is 1.95. The zero-order valence-electron chi connectivity index (χ0n) is 12.3. The summed E-state index contributed by atoms with van der Waals surface area (Å²) in [5.74, 6) is 0.448. The lowest BCUT2D eigenvalue weighted by atomic mass is 10.2. The fourth-order valence-electron chi connectivity index (χ4n) is 1.95. The van der Waals surface area contributed by atoms with Gasteiger partial charge in [-0.1, -0.05) is 0 Å². The van der Waals surface area contributed by atoms with Gasteiger partial charge in [0.25, 0.3) is 0 Å². The molecule has 3 N–H and O–H groups in total. The van der Waals surface area contributed by atoms with E-state index in [2.05, 4.69) is 5.32 Å². The molecule has 0 unspecified atom stereocenters. The van der Waals surface area contributed by atoms with E-state index in [9.17, 15) is 4.39 Å². The molecule has 0 bridgehead atoms. The second kappa shape index (κ2) is 6.35. The molecule has 5 heteroatoms. The summed E-state index contributed by atoms with van der Waals surface area (Å²) in [7, 11) is 1.43. The number of halogens is 1. The van der Waals surface area contributed by atoms with Gasteiger partial charge in [-0.05, 0) is 32.0 Å². The minimum absolute atomic E-state index is 0.0538. The van der Waals surface area contributed by atoms with Gasteiger partial charge in [0, 0.05) is 35.3 Å². The molecular formula is C16H19FN2O2. The van der Waals surface area contributed by atoms with Crippen molar-refractivity contribution in [2.75, 3.05) is 18.2 Å². The van der Waals surface area contributed by atoms with Gasteiger partial charge in [0.2, 0.25) is 0 Å². The average Bonchev–Trinajstić information content (AvgIpc) is 2.37. The van der Waals surface area contributed by atoms with Gasteiger partial charge in [0.15, 0.2) is 11.6 Å². The topological polar surface area (TPSA) is 56.5 Å². The monoisotopic (exact) mass is 290 g/mol. The minimum Gasteiger partial charge on any atom is -0.494 e. The Labute approximate surface area is 123 Å². The van der Waals surface area contributed by atoms with Crippen molar-refractivity contribution in [1.82, 2.24) is 0 Å². The molecule has 0 heterocycles. The second-order valence-electron chi connectivity index (χ2n) is 4.93. The molecular weight excluding hydrogens is 271 g/mol. The Morgan fingerprint density at radius 2 is 1.86 bits per heavy atom. The Morgan fingerprint density at radius 3 is 2.48 bits per heavy atom. The standard InChI is InChI=1S/C16H19FN2O2/c1-10(2)21-14-7-11(18)6-13(8-14)19-12-4-5-16(20-3)15(17)9-12/h4-10,19H,18H2,1-3H3. The molecule has 0 atom stereocenters. The van der Waals surface area contributed by atoms with Crippen molar-refractivity contribution in [2.24, 2.45) is 0 Å². The molecule has 0 fully saturated rings. The molecule has 21 heavy (non-hydrogen) atoms. The summed E-state index contributed by atoms with van der Waals surface area (Å²) >= 11 is 0. The first-order valence-corrected chi connectivity index (χ1v) is 6.65. The van der Waals surface area contributed by atoms with Crippen LogP contribution in [0.3, 0.4) is 0 Å². The maximum absolute atomic E-state index is 13.7. The maximum atomic E-state index is 13.7. The number of hydrogen-bond donors (Lipinski definition) is 2. The van der Waals surface area contributed by atoms with Crippen molar-refractivity contribution >= 4 is 17.1 Å². The second-order valence-corrected chi connectivity index (χ2v) is 4.93. The summed E-state index contributed by atoms with van der Waals surface area (Å²) < 4.78 is 24.2. The van der Waals surface area contributed by atoms with E-state index in [1.54, 1.807) is 24.3 Å². The summed E-state index contributed by atoms with van der Waals surface area (Å²) in [5.41, 5.74) is 7.76. The Morgan fingerprint density at radius 1 is 1.10 bits per heavy atom. The first-order valence-electron chi connectivity index (χ1n) is 6.65. The number of nitrogen functional groups attached to an aromatic ring is 1. The lowest BCUT2D eigenvalue weighted by Gasteiger charge is -2.13. The van der Waals surface area contributed by atoms with Crippen LogP contribution in [0.4, 0.5) is 21.5 Å². The molecule has 0 aromatic heterocycles. The first kappa shape index (κ1) is 15.0. The van der Waals surface area contributed by atoms with E-state index in [4.69, 9.17) is 15.2 Å². The van der Waals surface area contributed by atoms with Gasteiger partial charge >= 0.3 is 0 Å². The van der Waals surface area contributed by atoms with Crippen LogP contribution < -0.4 is 20.5 Å². The summed E-state index contributed by atoms with van der Waals surface area (Å²) in [4.78, 5) is 0. The van der Waals surface area contributed by atoms with Crippen LogP contribution in [0, 0.1) is 5.82 Å². The lowest BCUT2D eigenvalue weighted by molar-refractivity contribution is 0.242. The maximum Gasteiger partial charge on any atom is 0.167 e. The van der Waals surface area contributed by atoms with E-state index in [0.29, 0.717) is 17.1 Å². The van der Waals surface area contributed by atoms with E-state index in [1.807, 2.05) is 19.9 Å². The normalized spacial score (nSPS) is 10.5. The van der Waals surface area contributed by atoms with Crippen molar-refractivity contribution in [2.45, 2.75) is 20.0 Å². The van der Waals surface area contributed by atoms with E-state index >= 15 is 0 Å². The third-order valence-electron chi connectivity index (χ3n) is 2.74. The SMILES string of the molecule is COc1ccc(Nc2cc(N)cc(OC(C)C)c2)cc1F. The number of methoxy groups -OCH3 is 1. The molecule has 0 aliphatic heterocycles. The van der Waals surface area contributed by atoms with Crippen LogP contribution >= 0.6 is 0 Å². The third-order valence-corrected chi connectivity index (χ3v) is 2.74. The molecule has 2 aromatic rings.